The number of benzene rings is 3. The van der Waals surface area contributed by atoms with Crippen molar-refractivity contribution in [2.24, 2.45) is 0 Å². The molecule has 7 nitrogen and oxygen atoms in total. The second-order valence-corrected chi connectivity index (χ2v) is 6.46. The van der Waals surface area contributed by atoms with Crippen molar-refractivity contribution in [3.05, 3.63) is 91.0 Å². The van der Waals surface area contributed by atoms with Crippen LogP contribution >= 0.6 is 0 Å². The zero-order valence-corrected chi connectivity index (χ0v) is 16.5. The van der Waals surface area contributed by atoms with E-state index in [-0.39, 0.29) is 6.42 Å². The Labute approximate surface area is 174 Å². The maximum Gasteiger partial charge on any atom is 0.365 e. The monoisotopic (exact) mass is 405 g/mol. The summed E-state index contributed by atoms with van der Waals surface area (Å²) in [5, 5.41) is 9.82. The van der Waals surface area contributed by atoms with Crippen molar-refractivity contribution in [1.82, 2.24) is 10.9 Å². The van der Waals surface area contributed by atoms with Crippen molar-refractivity contribution in [3.63, 3.8) is 0 Å². The van der Waals surface area contributed by atoms with Gasteiger partial charge >= 0.3 is 12.0 Å². The normalized spacial score (nSPS) is 12.4. The number of carboxylic acid groups (broad SMARTS) is 1. The number of carboxylic acids is 1. The van der Waals surface area contributed by atoms with E-state index in [1.54, 1.807) is 61.5 Å². The van der Waals surface area contributed by atoms with Gasteiger partial charge in [-0.2, -0.15) is 5.43 Å². The number of hydrazine groups is 1. The third kappa shape index (κ3) is 4.76. The predicted molar refractivity (Wildman–Crippen MR) is 114 cm³/mol. The first-order valence-corrected chi connectivity index (χ1v) is 9.50. The Balaban J connectivity index is 1.84. The van der Waals surface area contributed by atoms with Crippen LogP contribution in [-0.4, -0.2) is 22.8 Å². The van der Waals surface area contributed by atoms with Crippen molar-refractivity contribution >= 4 is 23.4 Å². The highest BCUT2D eigenvalue weighted by molar-refractivity contribution is 5.99. The first-order chi connectivity index (χ1) is 14.6. The molecule has 0 aliphatic rings. The van der Waals surface area contributed by atoms with Gasteiger partial charge in [0, 0.05) is 6.42 Å². The standard InChI is InChI=1S/C23H23N3O4/c1-2-23(21(27)28,30-20-16-10-5-11-17-20)25-24-22(29)26(18-12-6-3-7-13-18)19-14-8-4-9-15-19/h3-17,25H,2H2,1H3,(H,24,29)(H,27,28). The van der Waals surface area contributed by atoms with E-state index in [0.717, 1.165) is 0 Å². The van der Waals surface area contributed by atoms with Gasteiger partial charge in [0.2, 0.25) is 0 Å². The molecule has 0 spiro atoms. The number of urea groups is 1. The number of hydrogen-bond donors (Lipinski definition) is 3. The van der Waals surface area contributed by atoms with Crippen LogP contribution in [-0.2, 0) is 4.79 Å². The van der Waals surface area contributed by atoms with Gasteiger partial charge in [-0.25, -0.2) is 9.59 Å². The Kier molecular flexibility index (Phi) is 6.67. The molecule has 3 N–H and O–H groups in total. The van der Waals surface area contributed by atoms with Gasteiger partial charge in [-0.3, -0.25) is 10.3 Å². The Hall–Kier alpha value is -3.84. The summed E-state index contributed by atoms with van der Waals surface area (Å²) in [6.07, 6.45) is 0.0637. The zero-order chi connectivity index (χ0) is 21.4. The highest BCUT2D eigenvalue weighted by Gasteiger charge is 2.40. The number of para-hydroxylation sites is 3. The van der Waals surface area contributed by atoms with E-state index in [1.165, 1.54) is 4.90 Å². The zero-order valence-electron chi connectivity index (χ0n) is 16.5. The number of amides is 2. The minimum atomic E-state index is -1.84. The molecule has 0 aliphatic carbocycles. The molecule has 0 heterocycles. The van der Waals surface area contributed by atoms with Crippen LogP contribution in [0.5, 0.6) is 5.75 Å². The summed E-state index contributed by atoms with van der Waals surface area (Å²) in [7, 11) is 0. The smallest absolute Gasteiger partial charge is 0.365 e. The van der Waals surface area contributed by atoms with Gasteiger partial charge in [0.25, 0.3) is 5.72 Å². The molecule has 3 aromatic carbocycles. The number of hydrogen-bond acceptors (Lipinski definition) is 4. The fourth-order valence-corrected chi connectivity index (χ4v) is 2.87. The molecule has 0 aliphatic heterocycles. The number of aliphatic carboxylic acids is 1. The minimum absolute atomic E-state index is 0.0637. The molecule has 3 aromatic rings. The largest absolute Gasteiger partial charge is 0.477 e. The Bertz CT molecular complexity index is 928. The molecule has 30 heavy (non-hydrogen) atoms. The van der Waals surface area contributed by atoms with Crippen molar-refractivity contribution < 1.29 is 19.4 Å². The Morgan fingerprint density at radius 2 is 1.33 bits per heavy atom. The van der Waals surface area contributed by atoms with Crippen LogP contribution in [0.3, 0.4) is 0 Å². The number of ether oxygens (including phenoxy) is 1. The van der Waals surface area contributed by atoms with E-state index >= 15 is 0 Å². The molecule has 0 bridgehead atoms. The third-order valence-corrected chi connectivity index (χ3v) is 4.48. The summed E-state index contributed by atoms with van der Waals surface area (Å²) in [5.41, 5.74) is 4.51. The lowest BCUT2D eigenvalue weighted by molar-refractivity contribution is -0.160. The van der Waals surface area contributed by atoms with Gasteiger partial charge in [0.15, 0.2) is 0 Å². The Morgan fingerprint density at radius 3 is 1.77 bits per heavy atom. The lowest BCUT2D eigenvalue weighted by atomic mass is 10.1. The number of rotatable bonds is 8. The van der Waals surface area contributed by atoms with Crippen molar-refractivity contribution in [2.45, 2.75) is 19.1 Å². The van der Waals surface area contributed by atoms with Crippen LogP contribution < -0.4 is 20.5 Å². The number of nitrogens with zero attached hydrogens (tertiary/aromatic N) is 1. The predicted octanol–water partition coefficient (Wildman–Crippen LogP) is 4.31. The van der Waals surface area contributed by atoms with Gasteiger partial charge in [-0.15, -0.1) is 0 Å². The SMILES string of the molecule is CCC(NNC(=O)N(c1ccccc1)c1ccccc1)(Oc1ccccc1)C(=O)O. The highest BCUT2D eigenvalue weighted by atomic mass is 16.5. The molecule has 0 saturated carbocycles. The summed E-state index contributed by atoms with van der Waals surface area (Å²) >= 11 is 0. The van der Waals surface area contributed by atoms with E-state index < -0.39 is 17.7 Å². The van der Waals surface area contributed by atoms with Gasteiger partial charge < -0.3 is 9.84 Å². The molecule has 0 radical (unpaired) electrons. The lowest BCUT2D eigenvalue weighted by Crippen LogP contribution is -2.63. The van der Waals surface area contributed by atoms with E-state index in [9.17, 15) is 14.7 Å². The van der Waals surface area contributed by atoms with Gasteiger partial charge in [-0.1, -0.05) is 61.5 Å². The highest BCUT2D eigenvalue weighted by Crippen LogP contribution is 2.25. The second kappa shape index (κ2) is 9.58. The van der Waals surface area contributed by atoms with E-state index in [4.69, 9.17) is 4.74 Å². The first kappa shape index (κ1) is 20.9. The van der Waals surface area contributed by atoms with Gasteiger partial charge in [-0.05, 0) is 36.4 Å². The average Bonchev–Trinajstić information content (AvgIpc) is 2.79. The molecule has 0 fully saturated rings. The number of nitrogens with one attached hydrogen (secondary N) is 2. The van der Waals surface area contributed by atoms with Crippen LogP contribution in [0.25, 0.3) is 0 Å². The fraction of sp³-hybridized carbons (Fsp3) is 0.130. The summed E-state index contributed by atoms with van der Waals surface area (Å²) in [5.74, 6) is -0.883. The second-order valence-electron chi connectivity index (χ2n) is 6.46. The van der Waals surface area contributed by atoms with Gasteiger partial charge in [0.05, 0.1) is 11.4 Å². The fourth-order valence-electron chi connectivity index (χ4n) is 2.87. The van der Waals surface area contributed by atoms with Gasteiger partial charge in [0.1, 0.15) is 5.75 Å². The maximum absolute atomic E-state index is 13.1. The molecular formula is C23H23N3O4. The van der Waals surface area contributed by atoms with Crippen LogP contribution in [0.15, 0.2) is 91.0 Å². The molecule has 1 atom stereocenters. The summed E-state index contributed by atoms with van der Waals surface area (Å²) in [4.78, 5) is 26.6. The molecular weight excluding hydrogens is 382 g/mol. The van der Waals surface area contributed by atoms with Crippen molar-refractivity contribution in [1.29, 1.82) is 0 Å². The topological polar surface area (TPSA) is 90.9 Å². The third-order valence-electron chi connectivity index (χ3n) is 4.48. The summed E-state index contributed by atoms with van der Waals surface area (Å²) in [6.45, 7) is 1.66. The quantitative estimate of drug-likeness (QED) is 0.384. The number of anilines is 2. The van der Waals surface area contributed by atoms with Crippen LogP contribution in [0.2, 0.25) is 0 Å². The molecule has 154 valence electrons. The van der Waals surface area contributed by atoms with Crippen LogP contribution in [0.4, 0.5) is 16.2 Å². The lowest BCUT2D eigenvalue weighted by Gasteiger charge is -2.32. The molecule has 0 saturated heterocycles. The number of carbonyl (C=O) groups is 2. The van der Waals surface area contributed by atoms with Crippen LogP contribution in [0.1, 0.15) is 13.3 Å². The van der Waals surface area contributed by atoms with Crippen molar-refractivity contribution in [2.75, 3.05) is 4.90 Å². The Morgan fingerprint density at radius 1 is 0.867 bits per heavy atom. The van der Waals surface area contributed by atoms with Crippen molar-refractivity contribution in [3.8, 4) is 5.75 Å². The average molecular weight is 405 g/mol. The van der Waals surface area contributed by atoms with E-state index in [0.29, 0.717) is 17.1 Å². The summed E-state index contributed by atoms with van der Waals surface area (Å²) in [6, 6.07) is 26.2. The van der Waals surface area contributed by atoms with E-state index in [2.05, 4.69) is 10.9 Å². The molecule has 7 heteroatoms. The number of carbonyl (C=O) groups excluding carboxylic acids is 1. The molecule has 3 rings (SSSR count). The molecule has 1 unspecified atom stereocenters. The van der Waals surface area contributed by atoms with E-state index in [1.807, 2.05) is 36.4 Å². The summed E-state index contributed by atoms with van der Waals surface area (Å²) < 4.78 is 5.71. The minimum Gasteiger partial charge on any atom is -0.477 e. The van der Waals surface area contributed by atoms with Crippen LogP contribution in [0, 0.1) is 0 Å². The molecule has 0 aromatic heterocycles. The maximum atomic E-state index is 13.1. The molecule has 2 amide bonds. The first-order valence-electron chi connectivity index (χ1n) is 9.50.